The standard InChI is InChI=1S/C13H10N4O3/c1-2-9-4-3-5-10(6-9)14-12(18)8-17-7-11(13(19)20)15-16-17/h1,3-7H,8H2,(H,14,18)(H,19,20). The zero-order valence-corrected chi connectivity index (χ0v) is 10.3. The van der Waals surface area contributed by atoms with Crippen LogP contribution in [0.4, 0.5) is 5.69 Å². The van der Waals surface area contributed by atoms with Crippen LogP contribution in [-0.2, 0) is 11.3 Å². The van der Waals surface area contributed by atoms with Crippen LogP contribution in [0.25, 0.3) is 0 Å². The van der Waals surface area contributed by atoms with Gasteiger partial charge in [0.2, 0.25) is 5.91 Å². The summed E-state index contributed by atoms with van der Waals surface area (Å²) in [5, 5.41) is 18.3. The highest BCUT2D eigenvalue weighted by molar-refractivity contribution is 5.90. The quantitative estimate of drug-likeness (QED) is 0.793. The van der Waals surface area contributed by atoms with Crippen molar-refractivity contribution in [2.24, 2.45) is 0 Å². The molecule has 0 aliphatic carbocycles. The van der Waals surface area contributed by atoms with E-state index in [2.05, 4.69) is 21.5 Å². The Labute approximate surface area is 114 Å². The van der Waals surface area contributed by atoms with Crippen molar-refractivity contribution in [3.05, 3.63) is 41.7 Å². The van der Waals surface area contributed by atoms with E-state index in [-0.39, 0.29) is 18.1 Å². The van der Waals surface area contributed by atoms with Crippen LogP contribution in [0.5, 0.6) is 0 Å². The van der Waals surface area contributed by atoms with E-state index in [0.717, 1.165) is 4.68 Å². The lowest BCUT2D eigenvalue weighted by Crippen LogP contribution is -2.19. The number of carbonyl (C=O) groups excluding carboxylic acids is 1. The van der Waals surface area contributed by atoms with Crippen molar-refractivity contribution in [3.63, 3.8) is 0 Å². The molecule has 100 valence electrons. The summed E-state index contributed by atoms with van der Waals surface area (Å²) in [4.78, 5) is 22.4. The van der Waals surface area contributed by atoms with Crippen LogP contribution < -0.4 is 5.32 Å². The maximum Gasteiger partial charge on any atom is 0.358 e. The van der Waals surface area contributed by atoms with Gasteiger partial charge in [0.1, 0.15) is 6.54 Å². The average Bonchev–Trinajstić information content (AvgIpc) is 2.87. The molecule has 1 heterocycles. The minimum Gasteiger partial charge on any atom is -0.476 e. The predicted octanol–water partition coefficient (Wildman–Crippen LogP) is 0.596. The van der Waals surface area contributed by atoms with Gasteiger partial charge in [0.05, 0.1) is 6.20 Å². The highest BCUT2D eigenvalue weighted by Crippen LogP contribution is 2.09. The Morgan fingerprint density at radius 3 is 2.90 bits per heavy atom. The van der Waals surface area contributed by atoms with Gasteiger partial charge in [-0.05, 0) is 18.2 Å². The molecule has 20 heavy (non-hydrogen) atoms. The fourth-order valence-corrected chi connectivity index (χ4v) is 1.51. The van der Waals surface area contributed by atoms with Crippen LogP contribution >= 0.6 is 0 Å². The molecule has 2 N–H and O–H groups in total. The van der Waals surface area contributed by atoms with E-state index in [1.54, 1.807) is 24.3 Å². The summed E-state index contributed by atoms with van der Waals surface area (Å²) in [5.41, 5.74) is 0.993. The van der Waals surface area contributed by atoms with Gasteiger partial charge in [-0.1, -0.05) is 17.2 Å². The molecule has 0 fully saturated rings. The van der Waals surface area contributed by atoms with E-state index in [1.165, 1.54) is 6.20 Å². The summed E-state index contributed by atoms with van der Waals surface area (Å²) in [7, 11) is 0. The van der Waals surface area contributed by atoms with Gasteiger partial charge >= 0.3 is 5.97 Å². The van der Waals surface area contributed by atoms with Crippen molar-refractivity contribution in [1.82, 2.24) is 15.0 Å². The third-order valence-corrected chi connectivity index (χ3v) is 2.38. The lowest BCUT2D eigenvalue weighted by Gasteiger charge is -2.05. The summed E-state index contributed by atoms with van der Waals surface area (Å²) in [5.74, 6) is 0.906. The third-order valence-electron chi connectivity index (χ3n) is 2.38. The first-order chi connectivity index (χ1) is 9.58. The summed E-state index contributed by atoms with van der Waals surface area (Å²) < 4.78 is 1.14. The first-order valence-corrected chi connectivity index (χ1v) is 5.58. The molecule has 7 heteroatoms. The van der Waals surface area contributed by atoms with Crippen LogP contribution in [0.1, 0.15) is 16.1 Å². The Kier molecular flexibility index (Phi) is 3.77. The molecule has 0 spiro atoms. The van der Waals surface area contributed by atoms with Gasteiger partial charge in [-0.15, -0.1) is 11.5 Å². The van der Waals surface area contributed by atoms with E-state index in [1.807, 2.05) is 0 Å². The molecule has 2 aromatic rings. The van der Waals surface area contributed by atoms with Crippen LogP contribution in [0.15, 0.2) is 30.5 Å². The molecular formula is C13H10N4O3. The number of rotatable bonds is 4. The summed E-state index contributed by atoms with van der Waals surface area (Å²) in [6.07, 6.45) is 6.44. The van der Waals surface area contributed by atoms with Crippen molar-refractivity contribution in [1.29, 1.82) is 0 Å². The van der Waals surface area contributed by atoms with E-state index in [0.29, 0.717) is 11.3 Å². The minimum atomic E-state index is -1.20. The number of aromatic nitrogens is 3. The molecule has 7 nitrogen and oxygen atoms in total. The molecule has 1 aromatic heterocycles. The lowest BCUT2D eigenvalue weighted by molar-refractivity contribution is -0.116. The minimum absolute atomic E-state index is 0.138. The molecule has 0 saturated heterocycles. The van der Waals surface area contributed by atoms with Crippen molar-refractivity contribution in [2.75, 3.05) is 5.32 Å². The largest absolute Gasteiger partial charge is 0.476 e. The van der Waals surface area contributed by atoms with E-state index < -0.39 is 5.97 Å². The first-order valence-electron chi connectivity index (χ1n) is 5.58. The molecule has 1 amide bonds. The van der Waals surface area contributed by atoms with Gasteiger partial charge in [-0.25, -0.2) is 9.48 Å². The van der Waals surface area contributed by atoms with Gasteiger partial charge in [0.15, 0.2) is 5.69 Å². The van der Waals surface area contributed by atoms with Gasteiger partial charge < -0.3 is 10.4 Å². The summed E-state index contributed by atoms with van der Waals surface area (Å²) >= 11 is 0. The normalized spacial score (nSPS) is 9.75. The number of nitrogens with zero attached hydrogens (tertiary/aromatic N) is 3. The molecule has 0 radical (unpaired) electrons. The van der Waals surface area contributed by atoms with Crippen molar-refractivity contribution < 1.29 is 14.7 Å². The summed E-state index contributed by atoms with van der Waals surface area (Å²) in [6, 6.07) is 6.82. The van der Waals surface area contributed by atoms with Crippen molar-refractivity contribution in [2.45, 2.75) is 6.54 Å². The number of carboxylic acids is 1. The number of carboxylic acid groups (broad SMARTS) is 1. The second-order valence-electron chi connectivity index (χ2n) is 3.88. The first kappa shape index (κ1) is 13.3. The number of benzene rings is 1. The third kappa shape index (κ3) is 3.20. The Morgan fingerprint density at radius 1 is 1.45 bits per heavy atom. The molecule has 0 unspecified atom stereocenters. The lowest BCUT2D eigenvalue weighted by atomic mass is 10.2. The molecule has 0 aliphatic heterocycles. The topological polar surface area (TPSA) is 97.1 Å². The van der Waals surface area contributed by atoms with Gasteiger partial charge in [0, 0.05) is 11.3 Å². The van der Waals surface area contributed by atoms with E-state index in [9.17, 15) is 9.59 Å². The number of terminal acetylenes is 1. The maximum atomic E-state index is 11.8. The van der Waals surface area contributed by atoms with Gasteiger partial charge in [-0.2, -0.15) is 0 Å². The molecule has 0 saturated carbocycles. The number of amides is 1. The number of carbonyl (C=O) groups is 2. The number of aromatic carboxylic acids is 1. The number of nitrogens with one attached hydrogen (secondary N) is 1. The maximum absolute atomic E-state index is 11.8. The number of hydrogen-bond donors (Lipinski definition) is 2. The van der Waals surface area contributed by atoms with Gasteiger partial charge in [0.25, 0.3) is 0 Å². The van der Waals surface area contributed by atoms with E-state index in [4.69, 9.17) is 11.5 Å². The van der Waals surface area contributed by atoms with Crippen molar-refractivity contribution in [3.8, 4) is 12.3 Å². The molecule has 0 bridgehead atoms. The van der Waals surface area contributed by atoms with Crippen LogP contribution in [0, 0.1) is 12.3 Å². The second kappa shape index (κ2) is 5.67. The Balaban J connectivity index is 2.01. The van der Waals surface area contributed by atoms with Crippen LogP contribution in [0.2, 0.25) is 0 Å². The highest BCUT2D eigenvalue weighted by atomic mass is 16.4. The van der Waals surface area contributed by atoms with Crippen molar-refractivity contribution >= 4 is 17.6 Å². The zero-order valence-electron chi connectivity index (χ0n) is 10.3. The SMILES string of the molecule is C#Cc1cccc(NC(=O)Cn2cc(C(=O)O)nn2)c1. The fraction of sp³-hybridized carbons (Fsp3) is 0.0769. The molecular weight excluding hydrogens is 260 g/mol. The average molecular weight is 270 g/mol. The summed E-state index contributed by atoms with van der Waals surface area (Å²) in [6.45, 7) is -0.138. The Bertz CT molecular complexity index is 700. The van der Waals surface area contributed by atoms with Crippen LogP contribution in [-0.4, -0.2) is 32.0 Å². The monoisotopic (exact) mass is 270 g/mol. The Hall–Kier alpha value is -3.14. The predicted molar refractivity (Wildman–Crippen MR) is 70.0 cm³/mol. The zero-order chi connectivity index (χ0) is 14.5. The molecule has 2 rings (SSSR count). The Morgan fingerprint density at radius 2 is 2.25 bits per heavy atom. The fourth-order valence-electron chi connectivity index (χ4n) is 1.51. The smallest absolute Gasteiger partial charge is 0.358 e. The second-order valence-corrected chi connectivity index (χ2v) is 3.88. The molecule has 1 aromatic carbocycles. The van der Waals surface area contributed by atoms with E-state index >= 15 is 0 Å². The highest BCUT2D eigenvalue weighted by Gasteiger charge is 2.10. The molecule has 0 aliphatic rings. The number of anilines is 1. The number of hydrogen-bond acceptors (Lipinski definition) is 4. The molecule has 0 atom stereocenters. The van der Waals surface area contributed by atoms with Gasteiger partial charge in [-0.3, -0.25) is 4.79 Å². The van der Waals surface area contributed by atoms with Crippen LogP contribution in [0.3, 0.4) is 0 Å².